The fourth-order valence-corrected chi connectivity index (χ4v) is 1.66. The van der Waals surface area contributed by atoms with Crippen LogP contribution in [-0.4, -0.2) is 22.4 Å². The van der Waals surface area contributed by atoms with Gasteiger partial charge in [-0.2, -0.15) is 0 Å². The number of halogens is 1. The molecule has 4 nitrogen and oxygen atoms in total. The smallest absolute Gasteiger partial charge is 0.224 e. The molecule has 0 fully saturated rings. The first-order chi connectivity index (χ1) is 9.24. The molecule has 2 aromatic rings. The molecule has 98 valence electrons. The molecule has 0 radical (unpaired) electrons. The van der Waals surface area contributed by atoms with Crippen LogP contribution in [0, 0.1) is 5.82 Å². The third-order valence-corrected chi connectivity index (χ3v) is 2.63. The summed E-state index contributed by atoms with van der Waals surface area (Å²) in [5, 5.41) is 2.81. The van der Waals surface area contributed by atoms with Crippen molar-refractivity contribution in [2.75, 3.05) is 6.54 Å². The van der Waals surface area contributed by atoms with Crippen molar-refractivity contribution in [3.05, 3.63) is 59.9 Å². The van der Waals surface area contributed by atoms with Crippen LogP contribution in [0.15, 0.2) is 43.0 Å². The Bertz CT molecular complexity index is 528. The maximum atomic E-state index is 12.7. The maximum Gasteiger partial charge on any atom is 0.224 e. The van der Waals surface area contributed by atoms with Gasteiger partial charge in [-0.05, 0) is 29.7 Å². The minimum Gasteiger partial charge on any atom is -0.355 e. The van der Waals surface area contributed by atoms with Gasteiger partial charge in [-0.1, -0.05) is 12.1 Å². The third-order valence-electron chi connectivity index (χ3n) is 2.63. The van der Waals surface area contributed by atoms with Gasteiger partial charge in [0.25, 0.3) is 0 Å². The number of hydrogen-bond acceptors (Lipinski definition) is 3. The van der Waals surface area contributed by atoms with Crippen LogP contribution in [0.4, 0.5) is 4.39 Å². The minimum absolute atomic E-state index is 0.0801. The number of carbonyl (C=O) groups is 1. The molecule has 1 N–H and O–H groups in total. The van der Waals surface area contributed by atoms with Crippen molar-refractivity contribution in [1.82, 2.24) is 15.3 Å². The molecule has 1 aromatic carbocycles. The van der Waals surface area contributed by atoms with E-state index in [2.05, 4.69) is 15.3 Å². The molecule has 0 aliphatic rings. The van der Waals surface area contributed by atoms with Crippen molar-refractivity contribution in [3.8, 4) is 0 Å². The Morgan fingerprint density at radius 1 is 1.11 bits per heavy atom. The molecule has 1 heterocycles. The Labute approximate surface area is 110 Å². The highest BCUT2D eigenvalue weighted by Crippen LogP contribution is 2.03. The average Bonchev–Trinajstić information content (AvgIpc) is 2.43. The zero-order chi connectivity index (χ0) is 13.5. The first-order valence-electron chi connectivity index (χ1n) is 5.99. The Morgan fingerprint density at radius 3 is 2.47 bits per heavy atom. The van der Waals surface area contributed by atoms with Crippen molar-refractivity contribution in [2.24, 2.45) is 0 Å². The molecule has 0 spiro atoms. The van der Waals surface area contributed by atoms with E-state index in [0.717, 1.165) is 11.1 Å². The zero-order valence-corrected chi connectivity index (χ0v) is 10.3. The highest BCUT2D eigenvalue weighted by molar-refractivity contribution is 5.78. The third kappa shape index (κ3) is 4.46. The van der Waals surface area contributed by atoms with E-state index in [9.17, 15) is 9.18 Å². The van der Waals surface area contributed by atoms with Crippen LogP contribution in [-0.2, 0) is 17.6 Å². The van der Waals surface area contributed by atoms with Crippen molar-refractivity contribution < 1.29 is 9.18 Å². The summed E-state index contributed by atoms with van der Waals surface area (Å²) in [6.07, 6.45) is 5.86. The normalized spacial score (nSPS) is 10.2. The van der Waals surface area contributed by atoms with Crippen molar-refractivity contribution in [2.45, 2.75) is 12.8 Å². The first-order valence-corrected chi connectivity index (χ1v) is 5.99. The van der Waals surface area contributed by atoms with E-state index in [1.807, 2.05) is 0 Å². The van der Waals surface area contributed by atoms with E-state index in [1.165, 1.54) is 18.5 Å². The fraction of sp³-hybridized carbons (Fsp3) is 0.214. The van der Waals surface area contributed by atoms with E-state index in [0.29, 0.717) is 13.0 Å². The van der Waals surface area contributed by atoms with Gasteiger partial charge in [0.2, 0.25) is 5.91 Å². The van der Waals surface area contributed by atoms with E-state index in [1.54, 1.807) is 24.5 Å². The minimum atomic E-state index is -0.298. The Kier molecular flexibility index (Phi) is 4.55. The molecular formula is C14H14FN3O. The van der Waals surface area contributed by atoms with Crippen LogP contribution in [0.5, 0.6) is 0 Å². The Balaban J connectivity index is 1.74. The molecule has 0 atom stereocenters. The van der Waals surface area contributed by atoms with Gasteiger partial charge >= 0.3 is 0 Å². The van der Waals surface area contributed by atoms with Gasteiger partial charge in [0.1, 0.15) is 12.1 Å². The lowest BCUT2D eigenvalue weighted by molar-refractivity contribution is -0.120. The van der Waals surface area contributed by atoms with Gasteiger partial charge < -0.3 is 5.32 Å². The number of nitrogens with one attached hydrogen (secondary N) is 1. The van der Waals surface area contributed by atoms with Gasteiger partial charge in [-0.25, -0.2) is 14.4 Å². The molecule has 0 bridgehead atoms. The van der Waals surface area contributed by atoms with Gasteiger partial charge in [0, 0.05) is 18.9 Å². The number of amides is 1. The summed E-state index contributed by atoms with van der Waals surface area (Å²) >= 11 is 0. The van der Waals surface area contributed by atoms with E-state index < -0.39 is 0 Å². The summed E-state index contributed by atoms with van der Waals surface area (Å²) < 4.78 is 12.7. The summed E-state index contributed by atoms with van der Waals surface area (Å²) in [7, 11) is 0. The predicted octanol–water partition coefficient (Wildman–Crippen LogP) is 1.52. The predicted molar refractivity (Wildman–Crippen MR) is 68.8 cm³/mol. The van der Waals surface area contributed by atoms with Crippen molar-refractivity contribution in [1.29, 1.82) is 0 Å². The van der Waals surface area contributed by atoms with Crippen LogP contribution in [0.2, 0.25) is 0 Å². The highest BCUT2D eigenvalue weighted by atomic mass is 19.1. The topological polar surface area (TPSA) is 54.9 Å². The quantitative estimate of drug-likeness (QED) is 0.885. The Hall–Kier alpha value is -2.30. The van der Waals surface area contributed by atoms with Crippen LogP contribution in [0.1, 0.15) is 11.1 Å². The van der Waals surface area contributed by atoms with Crippen LogP contribution < -0.4 is 5.32 Å². The summed E-state index contributed by atoms with van der Waals surface area (Å²) in [4.78, 5) is 19.4. The molecule has 1 amide bonds. The molecule has 0 saturated heterocycles. The summed E-state index contributed by atoms with van der Waals surface area (Å²) in [5.41, 5.74) is 1.77. The monoisotopic (exact) mass is 259 g/mol. The second kappa shape index (κ2) is 6.58. The molecule has 5 heteroatoms. The standard InChI is InChI=1S/C14H14FN3O/c15-13-3-1-11(2-4-13)7-14(19)18-6-5-12-8-16-10-17-9-12/h1-4,8-10H,5-7H2,(H,18,19). The number of aromatic nitrogens is 2. The van der Waals surface area contributed by atoms with Gasteiger partial charge in [-0.15, -0.1) is 0 Å². The van der Waals surface area contributed by atoms with Crippen LogP contribution >= 0.6 is 0 Å². The second-order valence-corrected chi connectivity index (χ2v) is 4.15. The lowest BCUT2D eigenvalue weighted by atomic mass is 10.1. The van der Waals surface area contributed by atoms with E-state index >= 15 is 0 Å². The zero-order valence-electron chi connectivity index (χ0n) is 10.3. The first kappa shape index (κ1) is 13.1. The number of nitrogens with zero attached hydrogens (tertiary/aromatic N) is 2. The van der Waals surface area contributed by atoms with Gasteiger partial charge in [-0.3, -0.25) is 4.79 Å². The SMILES string of the molecule is O=C(Cc1ccc(F)cc1)NCCc1cncnc1. The summed E-state index contributed by atoms with van der Waals surface area (Å²) in [5.74, 6) is -0.378. The van der Waals surface area contributed by atoms with E-state index in [4.69, 9.17) is 0 Å². The molecule has 0 unspecified atom stereocenters. The van der Waals surface area contributed by atoms with Crippen molar-refractivity contribution >= 4 is 5.91 Å². The molecule has 0 aliphatic carbocycles. The number of benzene rings is 1. The highest BCUT2D eigenvalue weighted by Gasteiger charge is 2.03. The lowest BCUT2D eigenvalue weighted by Gasteiger charge is -2.05. The molecular weight excluding hydrogens is 245 g/mol. The molecule has 19 heavy (non-hydrogen) atoms. The number of rotatable bonds is 5. The second-order valence-electron chi connectivity index (χ2n) is 4.15. The Morgan fingerprint density at radius 2 is 1.79 bits per heavy atom. The maximum absolute atomic E-state index is 12.7. The van der Waals surface area contributed by atoms with Crippen molar-refractivity contribution in [3.63, 3.8) is 0 Å². The van der Waals surface area contributed by atoms with Crippen LogP contribution in [0.3, 0.4) is 0 Å². The van der Waals surface area contributed by atoms with Crippen LogP contribution in [0.25, 0.3) is 0 Å². The summed E-state index contributed by atoms with van der Waals surface area (Å²) in [6, 6.07) is 5.92. The van der Waals surface area contributed by atoms with Gasteiger partial charge in [0.05, 0.1) is 6.42 Å². The largest absolute Gasteiger partial charge is 0.355 e. The number of carbonyl (C=O) groups excluding carboxylic acids is 1. The summed E-state index contributed by atoms with van der Waals surface area (Å²) in [6.45, 7) is 0.535. The van der Waals surface area contributed by atoms with Gasteiger partial charge in [0.15, 0.2) is 0 Å². The lowest BCUT2D eigenvalue weighted by Crippen LogP contribution is -2.27. The molecule has 1 aromatic heterocycles. The number of hydrogen-bond donors (Lipinski definition) is 1. The molecule has 2 rings (SSSR count). The molecule has 0 saturated carbocycles. The average molecular weight is 259 g/mol. The fourth-order valence-electron chi connectivity index (χ4n) is 1.66. The molecule has 0 aliphatic heterocycles. The van der Waals surface area contributed by atoms with E-state index in [-0.39, 0.29) is 18.1 Å².